The highest BCUT2D eigenvalue weighted by atomic mass is 31.1. The summed E-state index contributed by atoms with van der Waals surface area (Å²) in [6, 6.07) is 8.47. The fraction of sp³-hybridized carbons (Fsp3) is 0.389. The zero-order valence-electron chi connectivity index (χ0n) is 26.7. The summed E-state index contributed by atoms with van der Waals surface area (Å²) in [7, 11) is -1.92. The maximum absolute atomic E-state index is 14.0. The van der Waals surface area contributed by atoms with Crippen LogP contribution in [0.2, 0.25) is 0 Å². The van der Waals surface area contributed by atoms with Crippen molar-refractivity contribution >= 4 is 9.03 Å². The van der Waals surface area contributed by atoms with Gasteiger partial charge in [-0.25, -0.2) is 9.42 Å². The maximum atomic E-state index is 14.0. The lowest BCUT2D eigenvalue weighted by molar-refractivity contribution is -0.144. The molecular formula is C36H30F12O3P+. The molecule has 2 N–H and O–H groups in total. The summed E-state index contributed by atoms with van der Waals surface area (Å²) in [6.45, 7) is 0. The predicted octanol–water partition coefficient (Wildman–Crippen LogP) is 10.8. The smallest absolute Gasteiger partial charge is 0.392 e. The summed E-state index contributed by atoms with van der Waals surface area (Å²) in [5.41, 5.74) is -5.11. The van der Waals surface area contributed by atoms with Crippen LogP contribution in [0.5, 0.6) is 0 Å². The van der Waals surface area contributed by atoms with Crippen molar-refractivity contribution in [1.29, 1.82) is 0 Å². The van der Waals surface area contributed by atoms with E-state index in [4.69, 9.17) is 4.52 Å². The Bertz CT molecular complexity index is 1830. The number of alkyl halides is 12. The minimum absolute atomic E-state index is 0.0224. The minimum Gasteiger partial charge on any atom is -0.392 e. The van der Waals surface area contributed by atoms with Crippen LogP contribution in [-0.2, 0) is 35.6 Å². The average Bonchev–Trinajstić information content (AvgIpc) is 3.06. The summed E-state index contributed by atoms with van der Waals surface area (Å²) in [5.74, 6) is -3.98. The van der Waals surface area contributed by atoms with Crippen LogP contribution < -0.4 is 0 Å². The molecule has 52 heavy (non-hydrogen) atoms. The van der Waals surface area contributed by atoms with Crippen molar-refractivity contribution in [3.63, 3.8) is 0 Å². The van der Waals surface area contributed by atoms with E-state index in [0.29, 0.717) is 72.2 Å². The van der Waals surface area contributed by atoms with Gasteiger partial charge in [-0.2, -0.15) is 52.7 Å². The van der Waals surface area contributed by atoms with Gasteiger partial charge in [0.25, 0.3) is 0 Å². The highest BCUT2D eigenvalue weighted by Gasteiger charge is 2.48. The lowest BCUT2D eigenvalue weighted by atomic mass is 9.63. The third-order valence-electron chi connectivity index (χ3n) is 10.0. The topological polar surface area (TPSA) is 49.7 Å². The SMILES string of the molecule is O[PH2+]OC1C(C2c3ccccc3CC(c3cc(C(F)(F)F)cc(C(F)(F)F)c3)C2O)=C2CCCCC2=CC1c1cc(C(F)(F)F)cc(C(F)(F)F)c1. The van der Waals surface area contributed by atoms with Crippen molar-refractivity contribution < 1.29 is 67.2 Å². The first-order valence-corrected chi connectivity index (χ1v) is 17.1. The van der Waals surface area contributed by atoms with Crippen LogP contribution in [0, 0.1) is 0 Å². The van der Waals surface area contributed by atoms with Crippen LogP contribution >= 0.6 is 9.03 Å². The molecule has 1 saturated carbocycles. The van der Waals surface area contributed by atoms with Gasteiger partial charge in [-0.1, -0.05) is 30.3 Å². The quantitative estimate of drug-likeness (QED) is 0.201. The Morgan fingerprint density at radius 2 is 1.15 bits per heavy atom. The third-order valence-corrected chi connectivity index (χ3v) is 10.4. The van der Waals surface area contributed by atoms with Crippen LogP contribution in [0.15, 0.2) is 83.5 Å². The van der Waals surface area contributed by atoms with E-state index >= 15 is 0 Å². The molecule has 3 aromatic rings. The second-order valence-corrected chi connectivity index (χ2v) is 13.7. The van der Waals surface area contributed by atoms with Crippen LogP contribution in [-0.4, -0.2) is 22.2 Å². The molecule has 280 valence electrons. The Morgan fingerprint density at radius 1 is 0.654 bits per heavy atom. The lowest BCUT2D eigenvalue weighted by Gasteiger charge is -2.44. The Hall–Kier alpha value is -3.39. The molecule has 3 aliphatic carbocycles. The second-order valence-electron chi connectivity index (χ2n) is 13.2. The van der Waals surface area contributed by atoms with Gasteiger partial charge in [-0.15, -0.1) is 0 Å². The molecule has 6 atom stereocenters. The average molecular weight is 770 g/mol. The standard InChI is InChI=1S/C36H30F12O3P/c37-33(38,39)21-9-19(10-22(15-21)34(40,41)42)27-13-17-5-1-3-7-25(17)29(31(27)49)30-26-8-4-2-6-18(26)14-28(32(30)51-52-50)20-11-23(35(43,44)45)16-24(12-20)36(46,47)48/h1,3,5,7,9-12,14-16,27-29,31-32,49-50H,2,4,6,8,13,52H2/q+1. The van der Waals surface area contributed by atoms with E-state index in [0.717, 1.165) is 0 Å². The fourth-order valence-electron chi connectivity index (χ4n) is 7.80. The van der Waals surface area contributed by atoms with E-state index in [2.05, 4.69) is 0 Å². The highest BCUT2D eigenvalue weighted by molar-refractivity contribution is 7.25. The molecule has 3 aromatic carbocycles. The predicted molar refractivity (Wildman–Crippen MR) is 168 cm³/mol. The van der Waals surface area contributed by atoms with Gasteiger partial charge >= 0.3 is 24.7 Å². The first-order valence-electron chi connectivity index (χ1n) is 16.1. The summed E-state index contributed by atoms with van der Waals surface area (Å²) in [4.78, 5) is 10.2. The first kappa shape index (κ1) is 38.3. The number of aliphatic hydroxyl groups is 1. The normalized spacial score (nSPS) is 24.6. The van der Waals surface area contributed by atoms with Gasteiger partial charge in [0.2, 0.25) is 9.03 Å². The molecule has 6 unspecified atom stereocenters. The van der Waals surface area contributed by atoms with E-state index in [1.54, 1.807) is 24.3 Å². The first-order chi connectivity index (χ1) is 24.2. The van der Waals surface area contributed by atoms with Crippen molar-refractivity contribution in [2.75, 3.05) is 0 Å². The van der Waals surface area contributed by atoms with Gasteiger partial charge < -0.3 is 5.11 Å². The second kappa shape index (κ2) is 13.8. The Balaban J connectivity index is 1.57. The van der Waals surface area contributed by atoms with Crippen LogP contribution in [0.1, 0.15) is 87.9 Å². The molecule has 3 aliphatic rings. The van der Waals surface area contributed by atoms with Gasteiger partial charge in [0, 0.05) is 17.8 Å². The van der Waals surface area contributed by atoms with E-state index in [1.807, 2.05) is 0 Å². The number of benzene rings is 3. The maximum Gasteiger partial charge on any atom is 0.416 e. The lowest BCUT2D eigenvalue weighted by Crippen LogP contribution is -2.40. The zero-order valence-corrected chi connectivity index (χ0v) is 27.8. The summed E-state index contributed by atoms with van der Waals surface area (Å²) >= 11 is 0. The van der Waals surface area contributed by atoms with Crippen molar-refractivity contribution in [3.05, 3.63) is 128 Å². The molecule has 0 spiro atoms. The number of aliphatic hydroxyl groups excluding tert-OH is 1. The number of halogens is 12. The number of rotatable bonds is 5. The van der Waals surface area contributed by atoms with Crippen LogP contribution in [0.3, 0.4) is 0 Å². The summed E-state index contributed by atoms with van der Waals surface area (Å²) in [5, 5.41) is 12.2. The molecule has 3 nitrogen and oxygen atoms in total. The molecule has 1 fully saturated rings. The van der Waals surface area contributed by atoms with Gasteiger partial charge in [0.05, 0.1) is 28.4 Å². The molecule has 0 aliphatic heterocycles. The molecule has 6 rings (SSSR count). The summed E-state index contributed by atoms with van der Waals surface area (Å²) in [6.07, 6.45) is -20.8. The van der Waals surface area contributed by atoms with Crippen LogP contribution in [0.25, 0.3) is 0 Å². The van der Waals surface area contributed by atoms with E-state index in [1.165, 1.54) is 6.08 Å². The van der Waals surface area contributed by atoms with Gasteiger partial charge in [0.1, 0.15) is 6.10 Å². The number of allylic oxidation sites excluding steroid dienone is 2. The van der Waals surface area contributed by atoms with Crippen molar-refractivity contribution in [2.45, 2.75) is 86.8 Å². The van der Waals surface area contributed by atoms with Crippen molar-refractivity contribution in [2.24, 2.45) is 0 Å². The van der Waals surface area contributed by atoms with E-state index < -0.39 is 97.1 Å². The Morgan fingerprint density at radius 3 is 1.67 bits per heavy atom. The highest BCUT2D eigenvalue weighted by Crippen LogP contribution is 2.54. The number of hydrogen-bond acceptors (Lipinski definition) is 3. The number of fused-ring (bicyclic) bond motifs is 2. The summed E-state index contributed by atoms with van der Waals surface area (Å²) < 4.78 is 173. The van der Waals surface area contributed by atoms with Gasteiger partial charge in [-0.3, -0.25) is 0 Å². The van der Waals surface area contributed by atoms with Crippen molar-refractivity contribution in [1.82, 2.24) is 0 Å². The molecule has 16 heteroatoms. The molecule has 0 amide bonds. The largest absolute Gasteiger partial charge is 0.416 e. The van der Waals surface area contributed by atoms with Gasteiger partial charge in [0.15, 0.2) is 0 Å². The number of hydrogen-bond donors (Lipinski definition) is 2. The van der Waals surface area contributed by atoms with Crippen LogP contribution in [0.4, 0.5) is 52.7 Å². The van der Waals surface area contributed by atoms with E-state index in [-0.39, 0.29) is 24.1 Å². The Kier molecular flexibility index (Phi) is 10.2. The minimum atomic E-state index is -5.18. The van der Waals surface area contributed by atoms with Gasteiger partial charge in [-0.05, 0) is 107 Å². The molecule has 0 aromatic heterocycles. The monoisotopic (exact) mass is 769 g/mol. The van der Waals surface area contributed by atoms with E-state index in [9.17, 15) is 62.7 Å². The zero-order chi connectivity index (χ0) is 38.0. The molecule has 0 heterocycles. The Labute approximate surface area is 290 Å². The molecule has 0 saturated heterocycles. The fourth-order valence-corrected chi connectivity index (χ4v) is 8.25. The molecular weight excluding hydrogens is 739 g/mol. The molecule has 0 bridgehead atoms. The van der Waals surface area contributed by atoms with Crippen molar-refractivity contribution in [3.8, 4) is 0 Å². The third kappa shape index (κ3) is 7.51. The molecule has 0 radical (unpaired) electrons.